The van der Waals surface area contributed by atoms with Gasteiger partial charge in [0.2, 0.25) is 0 Å². The lowest BCUT2D eigenvalue weighted by atomic mass is 10.3. The Hall–Kier alpha value is -2.32. The van der Waals surface area contributed by atoms with Crippen LogP contribution < -0.4 is 14.2 Å². The van der Waals surface area contributed by atoms with E-state index < -0.39 is 10.0 Å². The molecule has 0 atom stereocenters. The number of thiazole rings is 1. The smallest absolute Gasteiger partial charge is 0.262 e. The van der Waals surface area contributed by atoms with Gasteiger partial charge in [-0.25, -0.2) is 13.4 Å². The summed E-state index contributed by atoms with van der Waals surface area (Å²) in [6, 6.07) is 9.96. The van der Waals surface area contributed by atoms with Gasteiger partial charge >= 0.3 is 0 Å². The molecule has 4 rings (SSSR count). The van der Waals surface area contributed by atoms with Crippen LogP contribution in [0.5, 0.6) is 11.5 Å². The molecule has 8 heteroatoms. The molecule has 0 radical (unpaired) electrons. The van der Waals surface area contributed by atoms with Crippen LogP contribution in [0.3, 0.4) is 0 Å². The molecule has 2 heterocycles. The fraction of sp³-hybridized carbons (Fsp3) is 0.235. The van der Waals surface area contributed by atoms with Gasteiger partial charge in [0.25, 0.3) is 10.0 Å². The van der Waals surface area contributed by atoms with Crippen LogP contribution in [0.4, 0.5) is 5.69 Å². The molecule has 0 bridgehead atoms. The lowest BCUT2D eigenvalue weighted by Gasteiger charge is -2.11. The standard InChI is InChI=1S/C17H16N2O4S2/c1-11-18-14-5-3-12(9-17(14)24-11)19-25(20,21)13-4-6-15-16(10-13)23-8-2-7-22-15/h3-6,9-10,19H,2,7-8H2,1H3. The number of sulfonamides is 1. The monoisotopic (exact) mass is 376 g/mol. The maximum absolute atomic E-state index is 12.7. The highest BCUT2D eigenvalue weighted by Gasteiger charge is 2.19. The molecule has 1 aliphatic rings. The third-order valence-electron chi connectivity index (χ3n) is 3.78. The first kappa shape index (κ1) is 16.2. The number of hydrogen-bond donors (Lipinski definition) is 1. The molecule has 0 spiro atoms. The van der Waals surface area contributed by atoms with Gasteiger partial charge in [-0.1, -0.05) is 0 Å². The van der Waals surface area contributed by atoms with Gasteiger partial charge in [0.05, 0.1) is 39.0 Å². The van der Waals surface area contributed by atoms with Crippen molar-refractivity contribution < 1.29 is 17.9 Å². The lowest BCUT2D eigenvalue weighted by molar-refractivity contribution is 0.297. The highest BCUT2D eigenvalue weighted by atomic mass is 32.2. The van der Waals surface area contributed by atoms with Crippen LogP contribution >= 0.6 is 11.3 Å². The van der Waals surface area contributed by atoms with E-state index >= 15 is 0 Å². The Morgan fingerprint density at radius 2 is 1.88 bits per heavy atom. The number of anilines is 1. The van der Waals surface area contributed by atoms with Gasteiger partial charge in [-0.05, 0) is 37.3 Å². The van der Waals surface area contributed by atoms with E-state index in [0.717, 1.165) is 21.6 Å². The molecule has 0 aliphatic carbocycles. The third-order valence-corrected chi connectivity index (χ3v) is 6.09. The van der Waals surface area contributed by atoms with E-state index in [4.69, 9.17) is 9.47 Å². The molecule has 0 saturated heterocycles. The zero-order valence-electron chi connectivity index (χ0n) is 13.5. The zero-order valence-corrected chi connectivity index (χ0v) is 15.1. The molecular weight excluding hydrogens is 360 g/mol. The number of aryl methyl sites for hydroxylation is 1. The number of rotatable bonds is 3. The Labute approximate surface area is 149 Å². The minimum atomic E-state index is -3.72. The maximum Gasteiger partial charge on any atom is 0.262 e. The summed E-state index contributed by atoms with van der Waals surface area (Å²) < 4.78 is 40.1. The summed E-state index contributed by atoms with van der Waals surface area (Å²) in [5.41, 5.74) is 1.37. The first-order valence-corrected chi connectivity index (χ1v) is 10.1. The van der Waals surface area contributed by atoms with Crippen LogP contribution in [0.1, 0.15) is 11.4 Å². The van der Waals surface area contributed by atoms with E-state index in [2.05, 4.69) is 9.71 Å². The van der Waals surface area contributed by atoms with Crippen molar-refractivity contribution >= 4 is 37.3 Å². The average Bonchev–Trinajstić information content (AvgIpc) is 2.79. The van der Waals surface area contributed by atoms with Crippen molar-refractivity contribution in [2.45, 2.75) is 18.2 Å². The van der Waals surface area contributed by atoms with Crippen molar-refractivity contribution in [1.29, 1.82) is 0 Å². The van der Waals surface area contributed by atoms with Gasteiger partial charge < -0.3 is 9.47 Å². The van der Waals surface area contributed by atoms with Crippen molar-refractivity contribution in [1.82, 2.24) is 4.98 Å². The fourth-order valence-corrected chi connectivity index (χ4v) is 4.56. The van der Waals surface area contributed by atoms with E-state index in [1.54, 1.807) is 18.2 Å². The van der Waals surface area contributed by atoms with Gasteiger partial charge in [0.1, 0.15) is 0 Å². The third kappa shape index (κ3) is 3.27. The highest BCUT2D eigenvalue weighted by molar-refractivity contribution is 7.92. The number of aromatic nitrogens is 1. The molecule has 1 aromatic heterocycles. The van der Waals surface area contributed by atoms with Crippen LogP contribution in [-0.2, 0) is 10.0 Å². The zero-order chi connectivity index (χ0) is 17.4. The van der Waals surface area contributed by atoms with Crippen molar-refractivity contribution in [3.8, 4) is 11.5 Å². The van der Waals surface area contributed by atoms with Crippen molar-refractivity contribution in [2.24, 2.45) is 0 Å². The van der Waals surface area contributed by atoms with E-state index in [-0.39, 0.29) is 4.90 Å². The Balaban J connectivity index is 1.65. The molecule has 0 saturated carbocycles. The molecule has 0 fully saturated rings. The van der Waals surface area contributed by atoms with Crippen LogP contribution in [0.2, 0.25) is 0 Å². The van der Waals surface area contributed by atoms with Gasteiger partial charge in [0.15, 0.2) is 11.5 Å². The van der Waals surface area contributed by atoms with Crippen molar-refractivity contribution in [2.75, 3.05) is 17.9 Å². The Morgan fingerprint density at radius 1 is 1.08 bits per heavy atom. The lowest BCUT2D eigenvalue weighted by Crippen LogP contribution is -2.13. The number of hydrogen-bond acceptors (Lipinski definition) is 6. The van der Waals surface area contributed by atoms with Gasteiger partial charge in [-0.2, -0.15) is 0 Å². The Morgan fingerprint density at radius 3 is 2.72 bits per heavy atom. The predicted octanol–water partition coefficient (Wildman–Crippen LogP) is 3.57. The Bertz CT molecular complexity index is 1040. The van der Waals surface area contributed by atoms with Crippen molar-refractivity contribution in [3.63, 3.8) is 0 Å². The Kier molecular flexibility index (Phi) is 4.01. The summed E-state index contributed by atoms with van der Waals surface area (Å²) in [6.07, 6.45) is 0.767. The molecule has 3 aromatic rings. The SMILES string of the molecule is Cc1nc2ccc(NS(=O)(=O)c3ccc4c(c3)OCCCO4)cc2s1. The second-order valence-corrected chi connectivity index (χ2v) is 8.60. The van der Waals surface area contributed by atoms with Gasteiger partial charge in [-0.15, -0.1) is 11.3 Å². The molecular formula is C17H16N2O4S2. The van der Waals surface area contributed by atoms with E-state index in [0.29, 0.717) is 30.4 Å². The molecule has 1 aliphatic heterocycles. The second-order valence-electron chi connectivity index (χ2n) is 5.68. The number of ether oxygens (including phenoxy) is 2. The molecule has 2 aromatic carbocycles. The van der Waals surface area contributed by atoms with Crippen LogP contribution in [0.15, 0.2) is 41.3 Å². The van der Waals surface area contributed by atoms with Crippen LogP contribution in [-0.4, -0.2) is 26.6 Å². The minimum Gasteiger partial charge on any atom is -0.490 e. The predicted molar refractivity (Wildman–Crippen MR) is 97.2 cm³/mol. The minimum absolute atomic E-state index is 0.136. The summed E-state index contributed by atoms with van der Waals surface area (Å²) in [5.74, 6) is 1.02. The van der Waals surface area contributed by atoms with Crippen LogP contribution in [0, 0.1) is 6.92 Å². The number of fused-ring (bicyclic) bond motifs is 2. The summed E-state index contributed by atoms with van der Waals surface area (Å²) in [6.45, 7) is 2.99. The highest BCUT2D eigenvalue weighted by Crippen LogP contribution is 2.33. The fourth-order valence-electron chi connectivity index (χ4n) is 2.63. The molecule has 0 unspecified atom stereocenters. The summed E-state index contributed by atoms with van der Waals surface area (Å²) in [4.78, 5) is 4.51. The largest absolute Gasteiger partial charge is 0.490 e. The molecule has 6 nitrogen and oxygen atoms in total. The number of nitrogens with one attached hydrogen (secondary N) is 1. The van der Waals surface area contributed by atoms with E-state index in [1.165, 1.54) is 23.5 Å². The van der Waals surface area contributed by atoms with Gasteiger partial charge in [-0.3, -0.25) is 4.72 Å². The summed E-state index contributed by atoms with van der Waals surface area (Å²) in [5, 5.41) is 0.943. The number of nitrogens with zero attached hydrogens (tertiary/aromatic N) is 1. The molecule has 130 valence electrons. The van der Waals surface area contributed by atoms with Crippen molar-refractivity contribution in [3.05, 3.63) is 41.4 Å². The average molecular weight is 376 g/mol. The summed E-state index contributed by atoms with van der Waals surface area (Å²) >= 11 is 1.53. The molecule has 25 heavy (non-hydrogen) atoms. The second kappa shape index (κ2) is 6.20. The van der Waals surface area contributed by atoms with Crippen LogP contribution in [0.25, 0.3) is 10.2 Å². The topological polar surface area (TPSA) is 77.5 Å². The first-order valence-electron chi connectivity index (χ1n) is 7.81. The number of benzene rings is 2. The van der Waals surface area contributed by atoms with E-state index in [9.17, 15) is 8.42 Å². The van der Waals surface area contributed by atoms with Gasteiger partial charge in [0, 0.05) is 12.5 Å². The van der Waals surface area contributed by atoms with E-state index in [1.807, 2.05) is 13.0 Å². The molecule has 1 N–H and O–H groups in total. The normalized spacial score (nSPS) is 14.3. The summed E-state index contributed by atoms with van der Waals surface area (Å²) in [7, 11) is -3.72. The maximum atomic E-state index is 12.7. The molecule has 0 amide bonds. The first-order chi connectivity index (χ1) is 12.0. The quantitative estimate of drug-likeness (QED) is 0.756.